The van der Waals surface area contributed by atoms with E-state index in [1.807, 2.05) is 36.4 Å². The van der Waals surface area contributed by atoms with Gasteiger partial charge < -0.3 is 9.47 Å². The number of likely N-dealkylation sites (tertiary alicyclic amines) is 1. The van der Waals surface area contributed by atoms with Crippen LogP contribution in [0.15, 0.2) is 96.0 Å². The number of esters is 1. The fraction of sp³-hybridized carbons (Fsp3) is 0.308. The highest BCUT2D eigenvalue weighted by Gasteiger charge is 2.44. The van der Waals surface area contributed by atoms with E-state index in [1.54, 1.807) is 50.2 Å². The molecule has 0 aromatic heterocycles. The molecular weight excluding hydrogens is 738 g/mol. The summed E-state index contributed by atoms with van der Waals surface area (Å²) in [6.07, 6.45) is -3.50. The van der Waals surface area contributed by atoms with E-state index < -0.39 is 35.8 Å². The van der Waals surface area contributed by atoms with Crippen LogP contribution in [0.1, 0.15) is 76.9 Å². The topological polar surface area (TPSA) is 71.4 Å². The number of hydrogen-bond donors (Lipinski definition) is 0. The second kappa shape index (κ2) is 16.3. The van der Waals surface area contributed by atoms with Crippen LogP contribution in [-0.2, 0) is 22.3 Å². The first-order chi connectivity index (χ1) is 24.3. The summed E-state index contributed by atoms with van der Waals surface area (Å²) in [5.74, 6) is -0.580. The summed E-state index contributed by atoms with van der Waals surface area (Å²) in [6.45, 7) is 4.68. The molecule has 0 saturated carbocycles. The molecule has 0 N–H and O–H groups in total. The summed E-state index contributed by atoms with van der Waals surface area (Å²) in [6, 6.07) is 22.8. The van der Waals surface area contributed by atoms with Crippen LogP contribution in [0.3, 0.4) is 0 Å². The fourth-order valence-corrected chi connectivity index (χ4v) is 6.90. The summed E-state index contributed by atoms with van der Waals surface area (Å²) in [7, 11) is 1.38. The molecule has 7 nitrogen and oxygen atoms in total. The molecule has 0 aliphatic carbocycles. The number of rotatable bonds is 9. The fourth-order valence-electron chi connectivity index (χ4n) is 6.65. The number of carbonyl (C=O) groups excluding carboxylic acids is 2. The van der Waals surface area contributed by atoms with Crippen molar-refractivity contribution in [2.45, 2.75) is 63.6 Å². The Balaban J connectivity index is 0.00000523. The van der Waals surface area contributed by atoms with Crippen molar-refractivity contribution in [3.8, 4) is 5.75 Å². The van der Waals surface area contributed by atoms with Gasteiger partial charge in [0.05, 0.1) is 30.4 Å². The van der Waals surface area contributed by atoms with Gasteiger partial charge >= 0.3 is 12.1 Å². The van der Waals surface area contributed by atoms with Gasteiger partial charge in [-0.2, -0.15) is 13.2 Å². The molecule has 2 aliphatic heterocycles. The van der Waals surface area contributed by atoms with E-state index in [-0.39, 0.29) is 41.6 Å². The number of carbonyl (C=O) groups is 2. The minimum Gasteiger partial charge on any atom is -0.490 e. The molecule has 0 spiro atoms. The maximum atomic E-state index is 14.8. The maximum absolute atomic E-state index is 14.8. The van der Waals surface area contributed by atoms with Gasteiger partial charge in [-0.3, -0.25) is 24.4 Å². The Labute approximate surface area is 316 Å². The molecular formula is C39H37Cl3F3N3O4. The first-order valence-corrected chi connectivity index (χ1v) is 17.3. The Morgan fingerprint density at radius 2 is 1.52 bits per heavy atom. The van der Waals surface area contributed by atoms with Crippen LogP contribution in [0, 0.1) is 0 Å². The van der Waals surface area contributed by atoms with Gasteiger partial charge in [-0.1, -0.05) is 59.6 Å². The zero-order valence-corrected chi connectivity index (χ0v) is 30.9. The van der Waals surface area contributed by atoms with Gasteiger partial charge in [0.25, 0.3) is 5.91 Å². The van der Waals surface area contributed by atoms with Crippen molar-refractivity contribution in [3.63, 3.8) is 0 Å². The van der Waals surface area contributed by atoms with Crippen LogP contribution in [-0.4, -0.2) is 53.3 Å². The van der Waals surface area contributed by atoms with Crippen LogP contribution >= 0.6 is 35.6 Å². The van der Waals surface area contributed by atoms with Gasteiger partial charge in [0, 0.05) is 22.2 Å². The average Bonchev–Trinajstić information content (AvgIpc) is 3.73. The lowest BCUT2D eigenvalue weighted by atomic mass is 9.93. The van der Waals surface area contributed by atoms with Crippen LogP contribution in [0.2, 0.25) is 10.0 Å². The van der Waals surface area contributed by atoms with Gasteiger partial charge in [0.2, 0.25) is 0 Å². The molecule has 2 heterocycles. The predicted octanol–water partition coefficient (Wildman–Crippen LogP) is 9.74. The predicted molar refractivity (Wildman–Crippen MR) is 197 cm³/mol. The van der Waals surface area contributed by atoms with Crippen molar-refractivity contribution in [3.05, 3.63) is 134 Å². The molecule has 4 aromatic rings. The maximum Gasteiger partial charge on any atom is 0.416 e. The number of benzene rings is 4. The van der Waals surface area contributed by atoms with E-state index in [0.717, 1.165) is 36.2 Å². The number of hydrogen-bond acceptors (Lipinski definition) is 6. The van der Waals surface area contributed by atoms with Crippen LogP contribution in [0.25, 0.3) is 0 Å². The number of amides is 1. The summed E-state index contributed by atoms with van der Waals surface area (Å²) >= 11 is 12.5. The zero-order chi connectivity index (χ0) is 36.4. The first kappa shape index (κ1) is 39.1. The minimum absolute atomic E-state index is 0. The molecule has 4 aromatic carbocycles. The smallest absolute Gasteiger partial charge is 0.416 e. The quantitative estimate of drug-likeness (QED) is 0.159. The van der Waals surface area contributed by atoms with Crippen molar-refractivity contribution in [1.82, 2.24) is 9.80 Å². The molecule has 1 amide bonds. The highest BCUT2D eigenvalue weighted by Crippen LogP contribution is 2.46. The van der Waals surface area contributed by atoms with E-state index in [9.17, 15) is 22.8 Å². The van der Waals surface area contributed by atoms with Crippen molar-refractivity contribution in [2.75, 3.05) is 13.7 Å². The van der Waals surface area contributed by atoms with Crippen LogP contribution in [0.5, 0.6) is 5.75 Å². The Morgan fingerprint density at radius 3 is 2.10 bits per heavy atom. The second-order valence-electron chi connectivity index (χ2n) is 12.8. The molecule has 1 fully saturated rings. The summed E-state index contributed by atoms with van der Waals surface area (Å²) in [5.41, 5.74) is 2.05. The number of alkyl halides is 3. The standard InChI is InChI=1S/C39H36Cl2F3N3O4.ClH/c1-23(2)51-33-21-28(39(42,43)44)14-19-31(33)36-45-34(25-10-15-29(40)16-11-25)35(26-12-17-30(41)18-13-26)47(36)37(48)27-8-6-24(7-9-27)22-46-20-4-5-32(46)38(49)50-3;/h6-19,21,23,32,34-35H,4-5,20,22H2,1-3H3;1H. The largest absolute Gasteiger partial charge is 0.490 e. The second-order valence-corrected chi connectivity index (χ2v) is 13.7. The molecule has 6 rings (SSSR count). The lowest BCUT2D eigenvalue weighted by molar-refractivity contribution is -0.146. The van der Waals surface area contributed by atoms with Gasteiger partial charge in [0.1, 0.15) is 23.7 Å². The molecule has 0 bridgehead atoms. The van der Waals surface area contributed by atoms with Gasteiger partial charge in [-0.25, -0.2) is 0 Å². The van der Waals surface area contributed by atoms with Crippen molar-refractivity contribution >= 4 is 53.3 Å². The van der Waals surface area contributed by atoms with E-state index >= 15 is 0 Å². The zero-order valence-electron chi connectivity index (χ0n) is 28.6. The summed E-state index contributed by atoms with van der Waals surface area (Å²) < 4.78 is 52.7. The highest BCUT2D eigenvalue weighted by atomic mass is 35.5. The van der Waals surface area contributed by atoms with Crippen molar-refractivity contribution in [2.24, 2.45) is 4.99 Å². The number of methoxy groups -OCH3 is 1. The Hall–Kier alpha value is -4.09. The third kappa shape index (κ3) is 8.41. The van der Waals surface area contributed by atoms with Gasteiger partial charge in [0.15, 0.2) is 0 Å². The molecule has 0 radical (unpaired) electrons. The number of halogens is 6. The average molecular weight is 775 g/mol. The number of amidine groups is 1. The Bertz CT molecular complexity index is 1920. The van der Waals surface area contributed by atoms with E-state index in [0.29, 0.717) is 34.1 Å². The number of nitrogens with zero attached hydrogens (tertiary/aromatic N) is 3. The third-order valence-corrected chi connectivity index (χ3v) is 9.55. The molecule has 52 heavy (non-hydrogen) atoms. The molecule has 2 aliphatic rings. The number of aliphatic imine (C=N–C) groups is 1. The lowest BCUT2D eigenvalue weighted by Crippen LogP contribution is -2.38. The van der Waals surface area contributed by atoms with Crippen LogP contribution in [0.4, 0.5) is 13.2 Å². The Morgan fingerprint density at radius 1 is 0.904 bits per heavy atom. The van der Waals surface area contributed by atoms with E-state index in [1.165, 1.54) is 18.1 Å². The van der Waals surface area contributed by atoms with Crippen molar-refractivity contribution < 1.29 is 32.2 Å². The monoisotopic (exact) mass is 773 g/mol. The molecule has 13 heteroatoms. The highest BCUT2D eigenvalue weighted by molar-refractivity contribution is 6.30. The lowest BCUT2D eigenvalue weighted by Gasteiger charge is -2.30. The van der Waals surface area contributed by atoms with Gasteiger partial charge in [-0.15, -0.1) is 12.4 Å². The minimum atomic E-state index is -4.62. The Kier molecular flexibility index (Phi) is 12.3. The number of ether oxygens (including phenoxy) is 2. The summed E-state index contributed by atoms with van der Waals surface area (Å²) in [5, 5.41) is 1.01. The summed E-state index contributed by atoms with van der Waals surface area (Å²) in [4.78, 5) is 35.8. The first-order valence-electron chi connectivity index (χ1n) is 16.6. The molecule has 1 saturated heterocycles. The third-order valence-electron chi connectivity index (χ3n) is 9.04. The van der Waals surface area contributed by atoms with Gasteiger partial charge in [-0.05, 0) is 105 Å². The molecule has 274 valence electrons. The molecule has 3 atom stereocenters. The molecule has 3 unspecified atom stereocenters. The SMILES string of the molecule is COC(=O)C1CCCN1Cc1ccc(C(=O)N2C(c3ccc(C(F)(F)F)cc3OC(C)C)=NC(c3ccc(Cl)cc3)C2c2ccc(Cl)cc2)cc1.Cl. The van der Waals surface area contributed by atoms with Crippen molar-refractivity contribution in [1.29, 1.82) is 0 Å². The van der Waals surface area contributed by atoms with E-state index in [2.05, 4.69) is 4.90 Å². The van der Waals surface area contributed by atoms with Crippen LogP contribution < -0.4 is 4.74 Å². The van der Waals surface area contributed by atoms with E-state index in [4.69, 9.17) is 37.7 Å². The normalized spacial score (nSPS) is 19.0.